The fraction of sp³-hybridized carbons (Fsp3) is 0.222. The van der Waals surface area contributed by atoms with Crippen molar-refractivity contribution in [1.82, 2.24) is 0 Å². The van der Waals surface area contributed by atoms with Crippen LogP contribution >= 0.6 is 0 Å². The number of carbonyl (C=O) groups excluding carboxylic acids is 2. The lowest BCUT2D eigenvalue weighted by atomic mass is 10.1. The van der Waals surface area contributed by atoms with Gasteiger partial charge in [-0.2, -0.15) is 0 Å². The smallest absolute Gasteiger partial charge is 0.144 e. The first-order chi connectivity index (χ1) is 10.1. The van der Waals surface area contributed by atoms with E-state index in [2.05, 4.69) is 0 Å². The van der Waals surface area contributed by atoms with Gasteiger partial charge in [0.25, 0.3) is 0 Å². The van der Waals surface area contributed by atoms with E-state index >= 15 is 0 Å². The van der Waals surface area contributed by atoms with Gasteiger partial charge in [-0.15, -0.1) is 0 Å². The number of hydrogen-bond acceptors (Lipinski definition) is 3. The second kappa shape index (κ2) is 7.39. The number of hydrogen-bond donors (Lipinski definition) is 0. The Labute approximate surface area is 124 Å². The molecule has 0 spiro atoms. The maximum Gasteiger partial charge on any atom is 0.144 e. The number of Topliss-reactive ketones (excluding diaryl/α,β-unsaturated/α-hetero) is 2. The highest BCUT2D eigenvalue weighted by atomic mass is 16.5. The first kappa shape index (κ1) is 15.0. The van der Waals surface area contributed by atoms with Crippen LogP contribution in [-0.4, -0.2) is 11.6 Å². The molecule has 0 amide bonds. The van der Waals surface area contributed by atoms with Crippen molar-refractivity contribution < 1.29 is 14.3 Å². The summed E-state index contributed by atoms with van der Waals surface area (Å²) in [5, 5.41) is 0. The predicted octanol–water partition coefficient (Wildman–Crippen LogP) is 3.36. The van der Waals surface area contributed by atoms with Crippen LogP contribution < -0.4 is 4.74 Å². The van der Waals surface area contributed by atoms with Gasteiger partial charge in [-0.25, -0.2) is 0 Å². The van der Waals surface area contributed by atoms with Crippen LogP contribution in [0.2, 0.25) is 0 Å². The maximum absolute atomic E-state index is 11.6. The van der Waals surface area contributed by atoms with E-state index in [9.17, 15) is 9.59 Å². The largest absolute Gasteiger partial charge is 0.489 e. The summed E-state index contributed by atoms with van der Waals surface area (Å²) in [5.41, 5.74) is 2.01. The summed E-state index contributed by atoms with van der Waals surface area (Å²) in [6, 6.07) is 17.3. The van der Waals surface area contributed by atoms with Crippen molar-refractivity contribution in [3.8, 4) is 5.75 Å². The molecule has 2 aromatic rings. The molecule has 108 valence electrons. The molecule has 0 N–H and O–H groups in total. The highest BCUT2D eigenvalue weighted by molar-refractivity contribution is 5.98. The van der Waals surface area contributed by atoms with Crippen LogP contribution in [0.4, 0.5) is 0 Å². The summed E-state index contributed by atoms with van der Waals surface area (Å²) < 4.78 is 5.68. The van der Waals surface area contributed by atoms with Crippen molar-refractivity contribution in [1.29, 1.82) is 0 Å². The van der Waals surface area contributed by atoms with E-state index in [-0.39, 0.29) is 18.0 Å². The third-order valence-electron chi connectivity index (χ3n) is 3.02. The van der Waals surface area contributed by atoms with Gasteiger partial charge < -0.3 is 4.74 Å². The molecular formula is C18H18O3. The Morgan fingerprint density at radius 2 is 1.57 bits per heavy atom. The topological polar surface area (TPSA) is 43.4 Å². The van der Waals surface area contributed by atoms with E-state index in [0.717, 1.165) is 16.9 Å². The number of rotatable bonds is 7. The zero-order chi connectivity index (χ0) is 15.1. The first-order valence-corrected chi connectivity index (χ1v) is 6.90. The summed E-state index contributed by atoms with van der Waals surface area (Å²) >= 11 is 0. The SMILES string of the molecule is CC(=O)CC(=O)Cc1ccc(OCc2ccccc2)cc1. The Kier molecular flexibility index (Phi) is 5.27. The third-order valence-corrected chi connectivity index (χ3v) is 3.02. The van der Waals surface area contributed by atoms with Gasteiger partial charge in [-0.3, -0.25) is 9.59 Å². The Bertz CT molecular complexity index is 600. The van der Waals surface area contributed by atoms with Crippen LogP contribution in [0.25, 0.3) is 0 Å². The number of carbonyl (C=O) groups is 2. The Hall–Kier alpha value is -2.42. The van der Waals surface area contributed by atoms with Gasteiger partial charge in [0.15, 0.2) is 0 Å². The summed E-state index contributed by atoms with van der Waals surface area (Å²) in [7, 11) is 0. The van der Waals surface area contributed by atoms with Gasteiger partial charge in [0.05, 0.1) is 6.42 Å². The second-order valence-corrected chi connectivity index (χ2v) is 5.01. The molecule has 0 aliphatic rings. The molecule has 2 aromatic carbocycles. The average molecular weight is 282 g/mol. The van der Waals surface area contributed by atoms with Crippen LogP contribution in [0.15, 0.2) is 54.6 Å². The first-order valence-electron chi connectivity index (χ1n) is 6.90. The van der Waals surface area contributed by atoms with E-state index in [0.29, 0.717) is 13.0 Å². The van der Waals surface area contributed by atoms with E-state index in [1.807, 2.05) is 54.6 Å². The van der Waals surface area contributed by atoms with E-state index in [1.165, 1.54) is 6.92 Å². The molecule has 3 nitrogen and oxygen atoms in total. The molecule has 0 heterocycles. The second-order valence-electron chi connectivity index (χ2n) is 5.01. The summed E-state index contributed by atoms with van der Waals surface area (Å²) in [5.74, 6) is 0.616. The molecule has 2 rings (SSSR count). The molecule has 0 bridgehead atoms. The monoisotopic (exact) mass is 282 g/mol. The molecule has 0 atom stereocenters. The Balaban J connectivity index is 1.87. The molecule has 21 heavy (non-hydrogen) atoms. The van der Waals surface area contributed by atoms with Crippen molar-refractivity contribution in [3.05, 3.63) is 65.7 Å². The Morgan fingerprint density at radius 1 is 0.905 bits per heavy atom. The lowest BCUT2D eigenvalue weighted by Gasteiger charge is -2.07. The van der Waals surface area contributed by atoms with Gasteiger partial charge >= 0.3 is 0 Å². The van der Waals surface area contributed by atoms with E-state index < -0.39 is 0 Å². The standard InChI is InChI=1S/C18H18O3/c1-14(19)11-17(20)12-15-7-9-18(10-8-15)21-13-16-5-3-2-4-6-16/h2-10H,11-13H2,1H3. The zero-order valence-electron chi connectivity index (χ0n) is 12.0. The van der Waals surface area contributed by atoms with Crippen molar-refractivity contribution in [3.63, 3.8) is 0 Å². The van der Waals surface area contributed by atoms with Gasteiger partial charge in [-0.1, -0.05) is 42.5 Å². The van der Waals surface area contributed by atoms with Crippen LogP contribution in [-0.2, 0) is 22.6 Å². The lowest BCUT2D eigenvalue weighted by molar-refractivity contribution is -0.125. The minimum absolute atomic E-state index is 0.00621. The number of ether oxygens (including phenoxy) is 1. The van der Waals surface area contributed by atoms with Crippen molar-refractivity contribution >= 4 is 11.6 Å². The van der Waals surface area contributed by atoms with Crippen LogP contribution in [0.3, 0.4) is 0 Å². The summed E-state index contributed by atoms with van der Waals surface area (Å²) in [6.07, 6.45) is 0.296. The summed E-state index contributed by atoms with van der Waals surface area (Å²) in [6.45, 7) is 1.95. The average Bonchev–Trinajstić information content (AvgIpc) is 2.47. The molecule has 0 aromatic heterocycles. The zero-order valence-corrected chi connectivity index (χ0v) is 12.0. The van der Waals surface area contributed by atoms with Crippen molar-refractivity contribution in [2.24, 2.45) is 0 Å². The molecule has 3 heteroatoms. The predicted molar refractivity (Wildman–Crippen MR) is 81.2 cm³/mol. The van der Waals surface area contributed by atoms with Crippen molar-refractivity contribution in [2.75, 3.05) is 0 Å². The molecule has 0 aliphatic carbocycles. The quantitative estimate of drug-likeness (QED) is 0.731. The minimum atomic E-state index is -0.0946. The molecule has 0 saturated heterocycles. The van der Waals surface area contributed by atoms with Gasteiger partial charge in [0, 0.05) is 6.42 Å². The molecule has 0 aliphatic heterocycles. The van der Waals surface area contributed by atoms with Gasteiger partial charge in [-0.05, 0) is 30.2 Å². The van der Waals surface area contributed by atoms with Crippen LogP contribution in [0.1, 0.15) is 24.5 Å². The molecule has 0 saturated carbocycles. The summed E-state index contributed by atoms with van der Waals surface area (Å²) in [4.78, 5) is 22.4. The van der Waals surface area contributed by atoms with Crippen LogP contribution in [0.5, 0.6) is 5.75 Å². The number of ketones is 2. The van der Waals surface area contributed by atoms with E-state index in [4.69, 9.17) is 4.74 Å². The molecule has 0 unspecified atom stereocenters. The van der Waals surface area contributed by atoms with E-state index in [1.54, 1.807) is 0 Å². The normalized spacial score (nSPS) is 10.1. The van der Waals surface area contributed by atoms with Crippen molar-refractivity contribution in [2.45, 2.75) is 26.4 Å². The number of benzene rings is 2. The maximum atomic E-state index is 11.6. The lowest BCUT2D eigenvalue weighted by Crippen LogP contribution is -2.07. The fourth-order valence-electron chi connectivity index (χ4n) is 2.01. The molecule has 0 fully saturated rings. The van der Waals surface area contributed by atoms with Gasteiger partial charge in [0.2, 0.25) is 0 Å². The highest BCUT2D eigenvalue weighted by Gasteiger charge is 2.06. The molecular weight excluding hydrogens is 264 g/mol. The van der Waals surface area contributed by atoms with Gasteiger partial charge in [0.1, 0.15) is 23.9 Å². The minimum Gasteiger partial charge on any atom is -0.489 e. The molecule has 0 radical (unpaired) electrons. The fourth-order valence-corrected chi connectivity index (χ4v) is 2.01. The highest BCUT2D eigenvalue weighted by Crippen LogP contribution is 2.15. The van der Waals surface area contributed by atoms with Crippen LogP contribution in [0, 0.1) is 0 Å². The third kappa shape index (κ3) is 5.22. The Morgan fingerprint density at radius 3 is 2.19 bits per heavy atom.